The number of benzene rings is 2. The predicted molar refractivity (Wildman–Crippen MR) is 84.7 cm³/mol. The van der Waals surface area contributed by atoms with E-state index in [0.717, 1.165) is 0 Å². The first kappa shape index (κ1) is 13.4. The summed E-state index contributed by atoms with van der Waals surface area (Å²) < 4.78 is 0. The summed E-state index contributed by atoms with van der Waals surface area (Å²) in [6.45, 7) is 4.39. The van der Waals surface area contributed by atoms with E-state index in [4.69, 9.17) is 0 Å². The Morgan fingerprint density at radius 2 is 1.42 bits per heavy atom. The van der Waals surface area contributed by atoms with Crippen LogP contribution in [0.3, 0.4) is 0 Å². The Labute approximate surface area is 116 Å². The topological polar surface area (TPSA) is 0 Å². The molecule has 0 aliphatic carbocycles. The molecule has 96 valence electrons. The van der Waals surface area contributed by atoms with Crippen LogP contribution in [0.5, 0.6) is 0 Å². The van der Waals surface area contributed by atoms with Crippen molar-refractivity contribution in [3.63, 3.8) is 0 Å². The van der Waals surface area contributed by atoms with E-state index in [9.17, 15) is 0 Å². The quantitative estimate of drug-likeness (QED) is 0.499. The van der Waals surface area contributed by atoms with Crippen molar-refractivity contribution in [2.24, 2.45) is 5.92 Å². The van der Waals surface area contributed by atoms with Gasteiger partial charge in [-0.15, -0.1) is 0 Å². The molecule has 2 rings (SSSR count). The van der Waals surface area contributed by atoms with E-state index >= 15 is 0 Å². The summed E-state index contributed by atoms with van der Waals surface area (Å²) >= 11 is 0. The molecule has 2 aromatic rings. The molecular formula is C19H20. The first-order chi connectivity index (χ1) is 9.25. The molecule has 0 bridgehead atoms. The minimum atomic E-state index is 0.558. The number of hydrogen-bond donors (Lipinski definition) is 0. The SMILES string of the molecule is CC(C)/C=C\C(=C\c1ccccc1)c1ccccc1. The Morgan fingerprint density at radius 1 is 0.842 bits per heavy atom. The molecule has 0 heteroatoms. The molecule has 19 heavy (non-hydrogen) atoms. The maximum absolute atomic E-state index is 2.24. The van der Waals surface area contributed by atoms with Crippen LogP contribution >= 0.6 is 0 Å². The van der Waals surface area contributed by atoms with Crippen LogP contribution < -0.4 is 0 Å². The second-order valence-electron chi connectivity index (χ2n) is 4.98. The Morgan fingerprint density at radius 3 is 2.00 bits per heavy atom. The van der Waals surface area contributed by atoms with Crippen LogP contribution in [0.1, 0.15) is 25.0 Å². The summed E-state index contributed by atoms with van der Waals surface area (Å²) in [5, 5.41) is 0. The minimum Gasteiger partial charge on any atom is -0.0814 e. The van der Waals surface area contributed by atoms with Gasteiger partial charge in [0, 0.05) is 0 Å². The fraction of sp³-hybridized carbons (Fsp3) is 0.158. The van der Waals surface area contributed by atoms with Gasteiger partial charge in [-0.25, -0.2) is 0 Å². The summed E-state index contributed by atoms with van der Waals surface area (Å²) in [4.78, 5) is 0. The first-order valence-corrected chi connectivity index (χ1v) is 6.76. The van der Waals surface area contributed by atoms with E-state index in [-0.39, 0.29) is 0 Å². The number of rotatable bonds is 4. The normalized spacial score (nSPS) is 12.3. The average molecular weight is 248 g/mol. The lowest BCUT2D eigenvalue weighted by molar-refractivity contribution is 0.832. The molecule has 0 saturated heterocycles. The summed E-state index contributed by atoms with van der Waals surface area (Å²) in [6, 6.07) is 21.0. The summed E-state index contributed by atoms with van der Waals surface area (Å²) in [5.41, 5.74) is 3.73. The van der Waals surface area contributed by atoms with Gasteiger partial charge in [0.1, 0.15) is 0 Å². The zero-order chi connectivity index (χ0) is 13.5. The molecule has 2 aromatic carbocycles. The van der Waals surface area contributed by atoms with Crippen molar-refractivity contribution in [2.45, 2.75) is 13.8 Å². The van der Waals surface area contributed by atoms with Gasteiger partial charge in [-0.2, -0.15) is 0 Å². The fourth-order valence-electron chi connectivity index (χ4n) is 1.88. The Bertz CT molecular complexity index is 545. The lowest BCUT2D eigenvalue weighted by Crippen LogP contribution is -1.83. The zero-order valence-corrected chi connectivity index (χ0v) is 11.6. The van der Waals surface area contributed by atoms with E-state index in [1.807, 2.05) is 6.07 Å². The van der Waals surface area contributed by atoms with Gasteiger partial charge in [0.15, 0.2) is 0 Å². The summed E-state index contributed by atoms with van der Waals surface area (Å²) in [5.74, 6) is 0.558. The van der Waals surface area contributed by atoms with Gasteiger partial charge < -0.3 is 0 Å². The largest absolute Gasteiger partial charge is 0.0814 e. The maximum atomic E-state index is 2.24. The average Bonchev–Trinajstić information content (AvgIpc) is 2.45. The van der Waals surface area contributed by atoms with Gasteiger partial charge in [-0.3, -0.25) is 0 Å². The smallest absolute Gasteiger partial charge is 0.0181 e. The molecular weight excluding hydrogens is 228 g/mol. The van der Waals surface area contributed by atoms with Crippen molar-refractivity contribution < 1.29 is 0 Å². The van der Waals surface area contributed by atoms with E-state index < -0.39 is 0 Å². The highest BCUT2D eigenvalue weighted by molar-refractivity contribution is 5.87. The monoisotopic (exact) mass is 248 g/mol. The van der Waals surface area contributed by atoms with Crippen LogP contribution in [0, 0.1) is 5.92 Å². The molecule has 0 spiro atoms. The van der Waals surface area contributed by atoms with Gasteiger partial charge in [0.05, 0.1) is 0 Å². The molecule has 0 aromatic heterocycles. The van der Waals surface area contributed by atoms with E-state index in [0.29, 0.717) is 5.92 Å². The number of hydrogen-bond acceptors (Lipinski definition) is 0. The second kappa shape index (κ2) is 6.75. The molecule has 0 N–H and O–H groups in total. The van der Waals surface area contributed by atoms with Gasteiger partial charge in [0.25, 0.3) is 0 Å². The van der Waals surface area contributed by atoms with Gasteiger partial charge in [-0.1, -0.05) is 86.7 Å². The van der Waals surface area contributed by atoms with E-state index in [2.05, 4.69) is 86.7 Å². The fourth-order valence-corrected chi connectivity index (χ4v) is 1.88. The molecule has 0 aliphatic heterocycles. The highest BCUT2D eigenvalue weighted by atomic mass is 14.0. The van der Waals surface area contributed by atoms with E-state index in [1.165, 1.54) is 16.7 Å². The third-order valence-electron chi connectivity index (χ3n) is 2.89. The lowest BCUT2D eigenvalue weighted by Gasteiger charge is -2.04. The van der Waals surface area contributed by atoms with Crippen LogP contribution in [0.25, 0.3) is 11.6 Å². The summed E-state index contributed by atoms with van der Waals surface area (Å²) in [6.07, 6.45) is 6.68. The molecule has 0 atom stereocenters. The first-order valence-electron chi connectivity index (χ1n) is 6.76. The van der Waals surface area contributed by atoms with Crippen molar-refractivity contribution >= 4 is 11.6 Å². The number of allylic oxidation sites excluding steroid dienone is 3. The van der Waals surface area contributed by atoms with Crippen LogP contribution in [0.15, 0.2) is 72.8 Å². The van der Waals surface area contributed by atoms with Crippen LogP contribution in [-0.4, -0.2) is 0 Å². The minimum absolute atomic E-state index is 0.558. The Hall–Kier alpha value is -2.08. The zero-order valence-electron chi connectivity index (χ0n) is 11.6. The Balaban J connectivity index is 2.38. The third-order valence-corrected chi connectivity index (χ3v) is 2.89. The molecule has 0 saturated carbocycles. The summed E-state index contributed by atoms with van der Waals surface area (Å²) in [7, 11) is 0. The highest BCUT2D eigenvalue weighted by Crippen LogP contribution is 2.20. The molecule has 0 aliphatic rings. The Kier molecular flexibility index (Phi) is 4.74. The third kappa shape index (κ3) is 4.26. The van der Waals surface area contributed by atoms with Crippen LogP contribution in [0.4, 0.5) is 0 Å². The van der Waals surface area contributed by atoms with Crippen LogP contribution in [0.2, 0.25) is 0 Å². The van der Waals surface area contributed by atoms with Gasteiger partial charge in [0.2, 0.25) is 0 Å². The lowest BCUT2D eigenvalue weighted by atomic mass is 10.0. The van der Waals surface area contributed by atoms with Gasteiger partial charge >= 0.3 is 0 Å². The molecule has 0 radical (unpaired) electrons. The van der Waals surface area contributed by atoms with Gasteiger partial charge in [-0.05, 0) is 28.7 Å². The van der Waals surface area contributed by atoms with E-state index in [1.54, 1.807) is 0 Å². The van der Waals surface area contributed by atoms with Crippen molar-refractivity contribution in [1.82, 2.24) is 0 Å². The molecule has 0 nitrogen and oxygen atoms in total. The predicted octanol–water partition coefficient (Wildman–Crippen LogP) is 5.44. The molecule has 0 fully saturated rings. The standard InChI is InChI=1S/C19H20/c1-16(2)13-14-19(18-11-7-4-8-12-18)15-17-9-5-3-6-10-17/h3-16H,1-2H3/b14-13-,19-15-. The highest BCUT2D eigenvalue weighted by Gasteiger charge is 1.98. The van der Waals surface area contributed by atoms with Crippen molar-refractivity contribution in [1.29, 1.82) is 0 Å². The molecule has 0 unspecified atom stereocenters. The van der Waals surface area contributed by atoms with Crippen LogP contribution in [-0.2, 0) is 0 Å². The molecule has 0 amide bonds. The van der Waals surface area contributed by atoms with Crippen molar-refractivity contribution in [3.05, 3.63) is 83.9 Å². The second-order valence-corrected chi connectivity index (χ2v) is 4.98. The van der Waals surface area contributed by atoms with Crippen molar-refractivity contribution in [3.8, 4) is 0 Å². The van der Waals surface area contributed by atoms with Crippen molar-refractivity contribution in [2.75, 3.05) is 0 Å². The molecule has 0 heterocycles. The maximum Gasteiger partial charge on any atom is -0.0181 e.